The number of rotatable bonds is 4. The average Bonchev–Trinajstić information content (AvgIpc) is 0.819. The number of halogens is 1. The van der Waals surface area contributed by atoms with E-state index in [0.29, 0.717) is 0 Å². The first-order valence-electron chi connectivity index (χ1n) is 19.4. The minimum absolute atomic E-state index is 0. The maximum Gasteiger partial charge on any atom is 0.252 e. The van der Waals surface area contributed by atoms with Gasteiger partial charge in [0.1, 0.15) is 18.3 Å². The van der Waals surface area contributed by atoms with E-state index in [2.05, 4.69) is 374 Å². The Morgan fingerprint density at radius 3 is 0.590 bits per heavy atom. The zero-order valence-electron chi connectivity index (χ0n) is 38.9. The Labute approximate surface area is 559 Å². The summed E-state index contributed by atoms with van der Waals surface area (Å²) in [5.41, 5.74) is -0.1000. The highest BCUT2D eigenvalue weighted by atomic mass is 35.5. The van der Waals surface area contributed by atoms with Gasteiger partial charge in [0.05, 0.1) is 0 Å². The Morgan fingerprint density at radius 2 is 0.423 bits per heavy atom. The molecular weight excluding hydrogens is 976 g/mol. The number of hydrogen-bond donors (Lipinski definition) is 0. The molecule has 0 atom stereocenters. The van der Waals surface area contributed by atoms with Gasteiger partial charge in [0.25, 0.3) is 5.24 Å². The molecule has 460 valence electrons. The third kappa shape index (κ3) is 39.2. The molecule has 0 amide bonds. The van der Waals surface area contributed by atoms with E-state index in [9.17, 15) is 4.79 Å². The molecule has 0 fully saturated rings. The normalized spacial score (nSPS) is 5.00. The van der Waals surface area contributed by atoms with Crippen LogP contribution in [0.4, 0.5) is 0 Å². The lowest BCUT2D eigenvalue weighted by Gasteiger charge is -2.09. The summed E-state index contributed by atoms with van der Waals surface area (Å²) in [6.07, 6.45) is 21.9. The molecule has 0 spiro atoms. The fourth-order valence-electron chi connectivity index (χ4n) is 2.96. The first kappa shape index (κ1) is 60.1. The fourth-order valence-corrected chi connectivity index (χ4v) is 3.07. The van der Waals surface area contributed by atoms with E-state index >= 15 is 0 Å². The molecule has 0 heterocycles. The molecule has 0 aliphatic heterocycles. The third-order valence-corrected chi connectivity index (χ3v) is 5.69. The first-order valence-corrected chi connectivity index (χ1v) is 19.8. The predicted molar refractivity (Wildman–Crippen MR) is 438 cm³/mol. The lowest BCUT2D eigenvalue weighted by atomic mass is 10.2. The number of carbonyl (C=O) groups excluding carboxylic acids is 1. The minimum atomic E-state index is -0.896. The Hall–Kier alpha value is -15.9. The van der Waals surface area contributed by atoms with E-state index in [1.165, 1.54) is 12.1 Å². The SMILES string of the molecule is C#CC#CC#CC#CC#CC#CC#CC#CC#CC#CC#COc1cc(C(=O)Cl)cc(OC#CC#CC#CC#CC#CC#CC#CC#CC#CC#CC#C)c1OC#CC#CC#CC#CC#CC#CC#CC#CC#CC#CC#C.[HH].[HH].[HH].[HH].[HH].[HH].[HH].[HH].[HH].[HH].[HH].[HH].[HH].[HH].[HH].[HH].[HH].[HH].[HH].[HH].[HH].[HH].[HH].[HH].[HH].[HH].[HH].[HH].[HH].[HH].[HH].[HH].[HH].[HH].[HH].[HH].[HH].[HH].[HH].[HH].[HH].[HH].[HH].[HH].[HH].[HH].[HH].[HH].[HH].[HH].[HH].[HH].[HH].[HH].[HH].[HH].[HH].[HH].[HH].[HH].[HH].[HH].[HH].[HH].[HH].[HH]. The molecule has 5 heteroatoms. The molecule has 1 rings (SSSR count). The van der Waals surface area contributed by atoms with Crippen LogP contribution in [0.1, 0.15) is 105 Å². The van der Waals surface area contributed by atoms with E-state index in [-0.39, 0.29) is 117 Å². The Kier molecular flexibility index (Phi) is 37.7. The quantitative estimate of drug-likeness (QED) is 0.223. The summed E-state index contributed by atoms with van der Waals surface area (Å²) in [5, 5.41) is -0.896. The number of terminal acetylenes is 3. The number of benzene rings is 1. The van der Waals surface area contributed by atoms with E-state index in [1.807, 2.05) is 0 Å². The van der Waals surface area contributed by atoms with Crippen LogP contribution < -0.4 is 14.2 Å². The van der Waals surface area contributed by atoms with Crippen molar-refractivity contribution in [3.63, 3.8) is 0 Å². The topological polar surface area (TPSA) is 44.8 Å². The highest BCUT2D eigenvalue weighted by Crippen LogP contribution is 2.39. The van der Waals surface area contributed by atoms with Gasteiger partial charge in [-0.25, -0.2) is 0 Å². The van der Waals surface area contributed by atoms with Crippen molar-refractivity contribution in [2.24, 2.45) is 0 Å². The number of carbonyl (C=O) groups is 1. The summed E-state index contributed by atoms with van der Waals surface area (Å²) in [6, 6.07) is 2.41. The predicted octanol–water partition coefficient (Wildman–Crippen LogP) is 18.3. The summed E-state index contributed by atoms with van der Waals surface area (Å²) in [6.45, 7) is 0. The van der Waals surface area contributed by atoms with Crippen LogP contribution in [0.3, 0.4) is 0 Å². The molecule has 0 radical (unpaired) electrons. The van der Waals surface area contributed by atoms with Gasteiger partial charge >= 0.3 is 0 Å². The van der Waals surface area contributed by atoms with Crippen molar-refractivity contribution in [3.05, 3.63) is 17.7 Å². The van der Waals surface area contributed by atoms with Crippen LogP contribution in [0, 0.1) is 393 Å². The number of hydrogen-bond acceptors (Lipinski definition) is 4. The Balaban J connectivity index is -0.0000000144. The summed E-state index contributed by atoms with van der Waals surface area (Å²) in [5.74, 6) is 146. The van der Waals surface area contributed by atoms with Crippen molar-refractivity contribution < 1.29 is 113 Å². The lowest BCUT2D eigenvalue weighted by Crippen LogP contribution is -1.98. The first-order chi connectivity index (χ1) is 38.6. The van der Waals surface area contributed by atoms with E-state index in [1.54, 1.807) is 0 Å². The van der Waals surface area contributed by atoms with Crippen molar-refractivity contribution in [2.75, 3.05) is 0 Å². The van der Waals surface area contributed by atoms with Crippen LogP contribution >= 0.6 is 11.6 Å². The van der Waals surface area contributed by atoms with Crippen LogP contribution in [-0.2, 0) is 0 Å². The van der Waals surface area contributed by atoms with Gasteiger partial charge in [-0.2, -0.15) is 0 Å². The van der Waals surface area contributed by atoms with Crippen molar-refractivity contribution in [3.8, 4) is 410 Å². The summed E-state index contributed by atoms with van der Waals surface area (Å²) >= 11 is 5.78. The van der Waals surface area contributed by atoms with Crippen molar-refractivity contribution >= 4 is 16.8 Å². The molecule has 0 aliphatic carbocycles. The second-order valence-corrected chi connectivity index (χ2v) is 10.6. The lowest BCUT2D eigenvalue weighted by molar-refractivity contribution is 0.108. The molecule has 4 nitrogen and oxygen atoms in total. The fraction of sp³-hybridized carbons (Fsp3) is 0. The van der Waals surface area contributed by atoms with Crippen molar-refractivity contribution in [1.29, 1.82) is 0 Å². The largest absolute Gasteiger partial charge is 0.402 e. The minimum Gasteiger partial charge on any atom is -0.402 e. The summed E-state index contributed by atoms with van der Waals surface area (Å²) in [4.78, 5) is 12.2. The molecular formula is C73H137ClO4. The van der Waals surface area contributed by atoms with Crippen molar-refractivity contribution in [2.45, 2.75) is 0 Å². The maximum atomic E-state index is 12.2. The molecule has 0 aromatic heterocycles. The Bertz CT molecular complexity index is 4900. The van der Waals surface area contributed by atoms with E-state index in [4.69, 9.17) is 45.1 Å². The van der Waals surface area contributed by atoms with Gasteiger partial charge in [-0.3, -0.25) is 4.79 Å². The monoisotopic (exact) mass is 1110 g/mol. The van der Waals surface area contributed by atoms with Gasteiger partial charge in [0, 0.05) is 313 Å². The van der Waals surface area contributed by atoms with Gasteiger partial charge in [-0.05, 0) is 166 Å². The molecule has 0 saturated heterocycles. The molecule has 78 heavy (non-hydrogen) atoms. The molecule has 0 bridgehead atoms. The highest BCUT2D eigenvalue weighted by Gasteiger charge is 2.18. The molecule has 1 aromatic carbocycles. The third-order valence-electron chi connectivity index (χ3n) is 5.47. The molecule has 0 aliphatic rings. The highest BCUT2D eigenvalue weighted by molar-refractivity contribution is 6.67. The standard InChI is InChI=1S/C73H5ClO4.66H2/c1-4-7-10-13-16-19-22-25-28-31-34-37-40-43-46-49-52-55-58-61-64-76-70-67-69(73(74)75)68-71(77-65-62-59-56-53-50-47-44-41-38-35-32-29-26-23-20-17-14-11-8-5-2)72(70)78-66-63-60-57-54-51-48-45-42-39-36-33-30-27-24-21-18-15-12-9-6-3;;;;;;;;;;;;;;;;;;;;;;;;;;;;;;;;;;;;;;;;;;;;;;;;;;;;;;;;;;;;;;;;;;/h1-3,67-68H;66*1H. The maximum absolute atomic E-state index is 12.2. The number of ether oxygens (including phenoxy) is 3. The molecule has 0 N–H and O–H groups in total. The second kappa shape index (κ2) is 49.0. The van der Waals surface area contributed by atoms with Crippen LogP contribution in [0.5, 0.6) is 17.2 Å². The van der Waals surface area contributed by atoms with Gasteiger partial charge in [0.15, 0.2) is 11.5 Å². The van der Waals surface area contributed by atoms with Crippen LogP contribution in [-0.4, -0.2) is 5.24 Å². The van der Waals surface area contributed by atoms with Crippen LogP contribution in [0.25, 0.3) is 0 Å². The molecule has 1 aromatic rings. The van der Waals surface area contributed by atoms with Gasteiger partial charge in [-0.15, -0.1) is 19.3 Å². The summed E-state index contributed by atoms with van der Waals surface area (Å²) < 4.78 is 16.6. The zero-order chi connectivity index (χ0) is 56.0. The van der Waals surface area contributed by atoms with Gasteiger partial charge < -0.3 is 14.2 Å². The molecule has 0 unspecified atom stereocenters. The Morgan fingerprint density at radius 1 is 0.269 bits per heavy atom. The van der Waals surface area contributed by atoms with Gasteiger partial charge in [-0.1, -0.05) is 0 Å². The smallest absolute Gasteiger partial charge is 0.252 e. The zero-order valence-corrected chi connectivity index (χ0v) is 39.7. The van der Waals surface area contributed by atoms with E-state index < -0.39 is 5.24 Å². The van der Waals surface area contributed by atoms with Crippen LogP contribution in [0.2, 0.25) is 0 Å². The van der Waals surface area contributed by atoms with Crippen molar-refractivity contribution in [1.82, 2.24) is 0 Å². The van der Waals surface area contributed by atoms with Gasteiger partial charge in [0.2, 0.25) is 5.75 Å². The van der Waals surface area contributed by atoms with E-state index in [0.717, 1.165) is 0 Å². The summed E-state index contributed by atoms with van der Waals surface area (Å²) in [7, 11) is 0. The van der Waals surface area contributed by atoms with Crippen LogP contribution in [0.15, 0.2) is 12.1 Å². The molecule has 0 saturated carbocycles. The second-order valence-electron chi connectivity index (χ2n) is 10.2. The average molecular weight is 1110 g/mol.